The number of hydrogen-bond donors (Lipinski definition) is 3. The Morgan fingerprint density at radius 3 is 2.24 bits per heavy atom. The molecule has 88 valence electrons. The number of carboxylic acids is 2. The molecule has 1 amide bonds. The van der Waals surface area contributed by atoms with E-state index in [1.807, 2.05) is 0 Å². The molecule has 0 aliphatic carbocycles. The van der Waals surface area contributed by atoms with Crippen LogP contribution in [-0.4, -0.2) is 28.1 Å². The van der Waals surface area contributed by atoms with Crippen molar-refractivity contribution >= 4 is 23.9 Å². The van der Waals surface area contributed by atoms with Crippen LogP contribution in [0.15, 0.2) is 24.3 Å². The zero-order chi connectivity index (χ0) is 13.0. The number of carbonyl (C=O) groups is 3. The van der Waals surface area contributed by atoms with Gasteiger partial charge in [0.2, 0.25) is 5.91 Å². The molecule has 17 heavy (non-hydrogen) atoms. The molecule has 0 spiro atoms. The van der Waals surface area contributed by atoms with E-state index >= 15 is 0 Å². The molecule has 0 unspecified atom stereocenters. The Morgan fingerprint density at radius 1 is 1.12 bits per heavy atom. The molecule has 0 aromatic heterocycles. The highest BCUT2D eigenvalue weighted by Crippen LogP contribution is 2.16. The number of amides is 1. The van der Waals surface area contributed by atoms with Crippen LogP contribution in [0.2, 0.25) is 0 Å². The number of primary amides is 1. The van der Waals surface area contributed by atoms with E-state index in [0.29, 0.717) is 0 Å². The van der Waals surface area contributed by atoms with Gasteiger partial charge in [0.25, 0.3) is 0 Å². The van der Waals surface area contributed by atoms with Crippen LogP contribution in [0, 0.1) is 0 Å². The molecule has 1 rings (SSSR count). The summed E-state index contributed by atoms with van der Waals surface area (Å²) in [5.41, 5.74) is 4.26. The van der Waals surface area contributed by atoms with Crippen LogP contribution >= 0.6 is 0 Å². The number of aromatic carboxylic acids is 2. The smallest absolute Gasteiger partial charge is 0.337 e. The second-order valence-electron chi connectivity index (χ2n) is 3.12. The van der Waals surface area contributed by atoms with Crippen molar-refractivity contribution in [2.75, 3.05) is 0 Å². The molecule has 0 heterocycles. The fourth-order valence-electron chi connectivity index (χ4n) is 1.30. The maximum atomic E-state index is 11.0. The number of carbonyl (C=O) groups excluding carboxylic acids is 1. The van der Waals surface area contributed by atoms with Crippen molar-refractivity contribution in [3.8, 4) is 0 Å². The molecule has 0 fully saturated rings. The Morgan fingerprint density at radius 2 is 1.76 bits per heavy atom. The SMILES string of the molecule is NC(=O)C=Cc1cccc(C(=O)O)c1C(=O)O. The minimum atomic E-state index is -1.38. The number of rotatable bonds is 4. The third-order valence-electron chi connectivity index (χ3n) is 1.97. The summed E-state index contributed by atoms with van der Waals surface area (Å²) in [6.45, 7) is 0. The van der Waals surface area contributed by atoms with Gasteiger partial charge in [0.15, 0.2) is 0 Å². The van der Waals surface area contributed by atoms with Crippen molar-refractivity contribution in [3.05, 3.63) is 41.0 Å². The van der Waals surface area contributed by atoms with Crippen LogP contribution in [0.1, 0.15) is 26.3 Å². The van der Waals surface area contributed by atoms with E-state index in [-0.39, 0.29) is 16.7 Å². The lowest BCUT2D eigenvalue weighted by molar-refractivity contribution is -0.113. The Balaban J connectivity index is 3.40. The van der Waals surface area contributed by atoms with Crippen LogP contribution < -0.4 is 5.73 Å². The minimum absolute atomic E-state index is 0.108. The topological polar surface area (TPSA) is 118 Å². The van der Waals surface area contributed by atoms with Crippen molar-refractivity contribution in [2.24, 2.45) is 5.73 Å². The maximum absolute atomic E-state index is 11.0. The van der Waals surface area contributed by atoms with E-state index in [4.69, 9.17) is 15.9 Å². The van der Waals surface area contributed by atoms with E-state index in [9.17, 15) is 14.4 Å². The predicted molar refractivity (Wildman–Crippen MR) is 58.6 cm³/mol. The maximum Gasteiger partial charge on any atom is 0.337 e. The summed E-state index contributed by atoms with van der Waals surface area (Å²) in [4.78, 5) is 32.4. The molecule has 0 radical (unpaired) electrons. The first-order valence-electron chi connectivity index (χ1n) is 4.50. The zero-order valence-corrected chi connectivity index (χ0v) is 8.58. The average molecular weight is 235 g/mol. The van der Waals surface area contributed by atoms with Gasteiger partial charge in [-0.2, -0.15) is 0 Å². The lowest BCUT2D eigenvalue weighted by Gasteiger charge is -2.04. The lowest BCUT2D eigenvalue weighted by atomic mass is 10.0. The average Bonchev–Trinajstić information content (AvgIpc) is 2.25. The fourth-order valence-corrected chi connectivity index (χ4v) is 1.30. The molecule has 0 aliphatic rings. The van der Waals surface area contributed by atoms with Gasteiger partial charge >= 0.3 is 11.9 Å². The van der Waals surface area contributed by atoms with E-state index < -0.39 is 17.8 Å². The van der Waals surface area contributed by atoms with Crippen molar-refractivity contribution in [1.82, 2.24) is 0 Å². The lowest BCUT2D eigenvalue weighted by Crippen LogP contribution is -2.10. The second kappa shape index (κ2) is 4.93. The fraction of sp³-hybridized carbons (Fsp3) is 0. The molecule has 6 heteroatoms. The zero-order valence-electron chi connectivity index (χ0n) is 8.58. The molecule has 6 nitrogen and oxygen atoms in total. The third-order valence-corrected chi connectivity index (χ3v) is 1.97. The summed E-state index contributed by atoms with van der Waals surface area (Å²) in [6, 6.07) is 3.94. The highest BCUT2D eigenvalue weighted by molar-refractivity contribution is 6.05. The summed E-state index contributed by atoms with van der Waals surface area (Å²) in [5, 5.41) is 17.8. The summed E-state index contributed by atoms with van der Waals surface area (Å²) in [7, 11) is 0. The van der Waals surface area contributed by atoms with Gasteiger partial charge in [0.05, 0.1) is 11.1 Å². The van der Waals surface area contributed by atoms with Gasteiger partial charge in [-0.15, -0.1) is 0 Å². The summed E-state index contributed by atoms with van der Waals surface area (Å²) in [5.74, 6) is -3.48. The predicted octanol–water partition coefficient (Wildman–Crippen LogP) is 0.582. The van der Waals surface area contributed by atoms with Gasteiger partial charge in [-0.1, -0.05) is 12.1 Å². The Bertz CT molecular complexity index is 519. The molecular weight excluding hydrogens is 226 g/mol. The van der Waals surface area contributed by atoms with Crippen LogP contribution in [0.25, 0.3) is 6.08 Å². The Hall–Kier alpha value is -2.63. The molecule has 0 bridgehead atoms. The van der Waals surface area contributed by atoms with Gasteiger partial charge in [0, 0.05) is 6.08 Å². The molecule has 0 atom stereocenters. The quantitative estimate of drug-likeness (QED) is 0.660. The molecule has 4 N–H and O–H groups in total. The van der Waals surface area contributed by atoms with Crippen molar-refractivity contribution in [1.29, 1.82) is 0 Å². The highest BCUT2D eigenvalue weighted by Gasteiger charge is 2.18. The number of benzene rings is 1. The first kappa shape index (κ1) is 12.4. The summed E-state index contributed by atoms with van der Waals surface area (Å²) < 4.78 is 0. The standard InChI is InChI=1S/C11H9NO5/c12-8(13)5-4-6-2-1-3-7(10(14)15)9(6)11(16)17/h1-5H,(H2,12,13)(H,14,15)(H,16,17). The number of nitrogens with two attached hydrogens (primary N) is 1. The number of hydrogen-bond acceptors (Lipinski definition) is 3. The molecule has 1 aromatic carbocycles. The summed E-state index contributed by atoms with van der Waals surface area (Å²) >= 11 is 0. The van der Waals surface area contributed by atoms with E-state index in [0.717, 1.165) is 12.2 Å². The van der Waals surface area contributed by atoms with E-state index in [1.165, 1.54) is 18.2 Å². The monoisotopic (exact) mass is 235 g/mol. The number of carboxylic acid groups (broad SMARTS) is 2. The van der Waals surface area contributed by atoms with Crippen LogP contribution in [0.3, 0.4) is 0 Å². The van der Waals surface area contributed by atoms with Crippen molar-refractivity contribution < 1.29 is 24.6 Å². The minimum Gasteiger partial charge on any atom is -0.478 e. The third kappa shape index (κ3) is 2.91. The van der Waals surface area contributed by atoms with Gasteiger partial charge < -0.3 is 15.9 Å². The van der Waals surface area contributed by atoms with Gasteiger partial charge in [0.1, 0.15) is 0 Å². The normalized spacial score (nSPS) is 10.4. The first-order chi connectivity index (χ1) is 7.93. The van der Waals surface area contributed by atoms with Crippen LogP contribution in [-0.2, 0) is 4.79 Å². The Labute approximate surface area is 96.0 Å². The van der Waals surface area contributed by atoms with Crippen LogP contribution in [0.5, 0.6) is 0 Å². The van der Waals surface area contributed by atoms with Crippen LogP contribution in [0.4, 0.5) is 0 Å². The largest absolute Gasteiger partial charge is 0.478 e. The van der Waals surface area contributed by atoms with Gasteiger partial charge in [-0.25, -0.2) is 9.59 Å². The molecule has 0 saturated carbocycles. The highest BCUT2D eigenvalue weighted by atomic mass is 16.4. The molecule has 1 aromatic rings. The molecule has 0 aliphatic heterocycles. The second-order valence-corrected chi connectivity index (χ2v) is 3.12. The van der Waals surface area contributed by atoms with Crippen molar-refractivity contribution in [3.63, 3.8) is 0 Å². The Kier molecular flexibility index (Phi) is 3.61. The van der Waals surface area contributed by atoms with Gasteiger partial charge in [-0.3, -0.25) is 4.79 Å². The van der Waals surface area contributed by atoms with Crippen molar-refractivity contribution in [2.45, 2.75) is 0 Å². The van der Waals surface area contributed by atoms with E-state index in [2.05, 4.69) is 0 Å². The summed E-state index contributed by atoms with van der Waals surface area (Å²) in [6.07, 6.45) is 2.13. The first-order valence-corrected chi connectivity index (χ1v) is 4.50. The van der Waals surface area contributed by atoms with E-state index in [1.54, 1.807) is 0 Å². The molecule has 0 saturated heterocycles. The molecular formula is C11H9NO5. The van der Waals surface area contributed by atoms with Gasteiger partial charge in [-0.05, 0) is 17.7 Å².